The van der Waals surface area contributed by atoms with Crippen LogP contribution < -0.4 is 5.73 Å². The minimum Gasteiger partial charge on any atom is -0.327 e. The van der Waals surface area contributed by atoms with Crippen LogP contribution in [0.5, 0.6) is 0 Å². The van der Waals surface area contributed by atoms with E-state index in [-0.39, 0.29) is 11.5 Å². The molecule has 0 aliphatic carbocycles. The van der Waals surface area contributed by atoms with Crippen LogP contribution in [-0.2, 0) is 11.8 Å². The molecule has 1 atom stereocenters. The van der Waals surface area contributed by atoms with Crippen LogP contribution in [-0.4, -0.2) is 18.1 Å². The van der Waals surface area contributed by atoms with E-state index in [1.807, 2.05) is 11.8 Å². The van der Waals surface area contributed by atoms with Crippen LogP contribution in [0.15, 0.2) is 24.3 Å². The Kier molecular flexibility index (Phi) is 4.88. The van der Waals surface area contributed by atoms with Gasteiger partial charge in [0.1, 0.15) is 0 Å². The molecule has 1 unspecified atom stereocenters. The van der Waals surface area contributed by atoms with Gasteiger partial charge in [0.05, 0.1) is 0 Å². The first-order valence-electron chi connectivity index (χ1n) is 5.77. The summed E-state index contributed by atoms with van der Waals surface area (Å²) < 4.78 is 0. The molecule has 1 aromatic carbocycles. The van der Waals surface area contributed by atoms with Gasteiger partial charge in [0.2, 0.25) is 0 Å². The van der Waals surface area contributed by atoms with Crippen LogP contribution >= 0.6 is 11.8 Å². The molecule has 0 amide bonds. The average Bonchev–Trinajstić information content (AvgIpc) is 2.17. The van der Waals surface area contributed by atoms with Gasteiger partial charge in [-0.1, -0.05) is 45.0 Å². The highest BCUT2D eigenvalue weighted by molar-refractivity contribution is 7.98. The predicted octanol–water partition coefficient (Wildman–Crippen LogP) is 3.22. The lowest BCUT2D eigenvalue weighted by molar-refractivity contribution is 0.589. The maximum atomic E-state index is 6.02. The zero-order chi connectivity index (χ0) is 12.2. The van der Waals surface area contributed by atoms with Crippen molar-refractivity contribution in [3.05, 3.63) is 35.4 Å². The van der Waals surface area contributed by atoms with Crippen LogP contribution in [0.4, 0.5) is 0 Å². The Bertz CT molecular complexity index is 311. The average molecular weight is 237 g/mol. The van der Waals surface area contributed by atoms with Crippen LogP contribution in [0.25, 0.3) is 0 Å². The van der Waals surface area contributed by atoms with Gasteiger partial charge in [-0.25, -0.2) is 0 Å². The van der Waals surface area contributed by atoms with Gasteiger partial charge in [0.15, 0.2) is 0 Å². The summed E-state index contributed by atoms with van der Waals surface area (Å²) in [6.45, 7) is 6.71. The normalized spacial score (nSPS) is 13.8. The third-order valence-electron chi connectivity index (χ3n) is 2.70. The van der Waals surface area contributed by atoms with Gasteiger partial charge in [-0.15, -0.1) is 0 Å². The third kappa shape index (κ3) is 4.18. The molecule has 0 aliphatic rings. The van der Waals surface area contributed by atoms with Gasteiger partial charge in [-0.2, -0.15) is 11.8 Å². The Morgan fingerprint density at radius 3 is 2.19 bits per heavy atom. The minimum atomic E-state index is 0.236. The fourth-order valence-corrected chi connectivity index (χ4v) is 2.26. The van der Waals surface area contributed by atoms with Crippen LogP contribution in [0.2, 0.25) is 0 Å². The molecule has 0 aromatic heterocycles. The van der Waals surface area contributed by atoms with Crippen molar-refractivity contribution in [1.82, 2.24) is 0 Å². The van der Waals surface area contributed by atoms with Gasteiger partial charge in [-0.05, 0) is 29.2 Å². The van der Waals surface area contributed by atoms with Crippen molar-refractivity contribution in [2.24, 2.45) is 5.73 Å². The second-order valence-corrected chi connectivity index (χ2v) is 6.28. The number of rotatable bonds is 4. The molecule has 0 saturated heterocycles. The Hall–Kier alpha value is -0.470. The summed E-state index contributed by atoms with van der Waals surface area (Å²) >= 11 is 1.81. The molecule has 0 bridgehead atoms. The predicted molar refractivity (Wildman–Crippen MR) is 75.2 cm³/mol. The van der Waals surface area contributed by atoms with Crippen LogP contribution in [0, 0.1) is 0 Å². The monoisotopic (exact) mass is 237 g/mol. The topological polar surface area (TPSA) is 26.0 Å². The number of hydrogen-bond donors (Lipinski definition) is 1. The van der Waals surface area contributed by atoms with E-state index in [2.05, 4.69) is 51.3 Å². The quantitative estimate of drug-likeness (QED) is 0.870. The second kappa shape index (κ2) is 5.74. The van der Waals surface area contributed by atoms with Gasteiger partial charge >= 0.3 is 0 Å². The van der Waals surface area contributed by atoms with E-state index < -0.39 is 0 Å². The molecule has 1 aromatic rings. The lowest BCUT2D eigenvalue weighted by Crippen LogP contribution is -2.25. The highest BCUT2D eigenvalue weighted by Gasteiger charge is 2.13. The highest BCUT2D eigenvalue weighted by Crippen LogP contribution is 2.22. The van der Waals surface area contributed by atoms with Gasteiger partial charge in [-0.3, -0.25) is 0 Å². The summed E-state index contributed by atoms with van der Waals surface area (Å²) in [5.74, 6) is 1.03. The molecule has 2 heteroatoms. The van der Waals surface area contributed by atoms with E-state index in [9.17, 15) is 0 Å². The van der Waals surface area contributed by atoms with Crippen molar-refractivity contribution in [2.45, 2.75) is 38.6 Å². The van der Waals surface area contributed by atoms with Gasteiger partial charge in [0.25, 0.3) is 0 Å². The summed E-state index contributed by atoms with van der Waals surface area (Å²) in [7, 11) is 0. The largest absolute Gasteiger partial charge is 0.327 e. The number of benzene rings is 1. The Morgan fingerprint density at radius 2 is 1.75 bits per heavy atom. The highest BCUT2D eigenvalue weighted by atomic mass is 32.2. The summed E-state index contributed by atoms with van der Waals surface area (Å²) in [4.78, 5) is 0. The lowest BCUT2D eigenvalue weighted by Gasteiger charge is -2.19. The fraction of sp³-hybridized carbons (Fsp3) is 0.571. The van der Waals surface area contributed by atoms with Crippen LogP contribution in [0.1, 0.15) is 31.9 Å². The van der Waals surface area contributed by atoms with Crippen molar-refractivity contribution in [3.63, 3.8) is 0 Å². The standard InChI is InChI=1S/C14H23NS/c1-14(2,3)12-7-5-11(6-8-12)9-13(15)10-16-4/h5-8,13H,9-10,15H2,1-4H3. The molecular formula is C14H23NS. The van der Waals surface area contributed by atoms with Crippen molar-refractivity contribution >= 4 is 11.8 Å². The zero-order valence-corrected chi connectivity index (χ0v) is 11.6. The van der Waals surface area contributed by atoms with E-state index in [4.69, 9.17) is 5.73 Å². The smallest absolute Gasteiger partial charge is 0.0171 e. The van der Waals surface area contributed by atoms with Crippen LogP contribution in [0.3, 0.4) is 0 Å². The molecule has 0 aliphatic heterocycles. The maximum absolute atomic E-state index is 6.02. The second-order valence-electron chi connectivity index (χ2n) is 5.37. The Balaban J connectivity index is 2.65. The molecule has 90 valence electrons. The lowest BCUT2D eigenvalue weighted by atomic mass is 9.86. The molecule has 0 spiro atoms. The van der Waals surface area contributed by atoms with Crippen molar-refractivity contribution < 1.29 is 0 Å². The zero-order valence-electron chi connectivity index (χ0n) is 10.8. The van der Waals surface area contributed by atoms with Gasteiger partial charge in [0, 0.05) is 11.8 Å². The minimum absolute atomic E-state index is 0.236. The number of hydrogen-bond acceptors (Lipinski definition) is 2. The third-order valence-corrected chi connectivity index (χ3v) is 3.46. The van der Waals surface area contributed by atoms with E-state index >= 15 is 0 Å². The first-order chi connectivity index (χ1) is 7.43. The van der Waals surface area contributed by atoms with E-state index in [0.717, 1.165) is 12.2 Å². The summed E-state index contributed by atoms with van der Waals surface area (Å²) in [6, 6.07) is 9.14. The van der Waals surface area contributed by atoms with Crippen molar-refractivity contribution in [1.29, 1.82) is 0 Å². The molecule has 1 rings (SSSR count). The first-order valence-corrected chi connectivity index (χ1v) is 7.17. The van der Waals surface area contributed by atoms with Gasteiger partial charge < -0.3 is 5.73 Å². The molecule has 0 heterocycles. The van der Waals surface area contributed by atoms with Crippen molar-refractivity contribution in [2.75, 3.05) is 12.0 Å². The van der Waals surface area contributed by atoms with Crippen molar-refractivity contribution in [3.8, 4) is 0 Å². The number of thioether (sulfide) groups is 1. The molecule has 2 N–H and O–H groups in total. The van der Waals surface area contributed by atoms with E-state index in [1.54, 1.807) is 0 Å². The number of nitrogens with two attached hydrogens (primary N) is 1. The molecule has 1 nitrogen and oxygen atoms in total. The summed E-state index contributed by atoms with van der Waals surface area (Å²) in [6.07, 6.45) is 3.08. The van der Waals surface area contributed by atoms with E-state index in [0.29, 0.717) is 0 Å². The molecule has 0 saturated carbocycles. The fourth-order valence-electron chi connectivity index (χ4n) is 1.72. The Labute approximate surface area is 104 Å². The summed E-state index contributed by atoms with van der Waals surface area (Å²) in [5, 5.41) is 0. The SMILES string of the molecule is CSCC(N)Cc1ccc(C(C)(C)C)cc1. The molecule has 16 heavy (non-hydrogen) atoms. The summed E-state index contributed by atoms with van der Waals surface area (Å²) in [5.41, 5.74) is 8.98. The molecule has 0 fully saturated rings. The molecule has 0 radical (unpaired) electrons. The molecular weight excluding hydrogens is 214 g/mol. The Morgan fingerprint density at radius 1 is 1.19 bits per heavy atom. The maximum Gasteiger partial charge on any atom is 0.0171 e. The first kappa shape index (κ1) is 13.6. The van der Waals surface area contributed by atoms with E-state index in [1.165, 1.54) is 11.1 Å².